The third kappa shape index (κ3) is 4.05. The van der Waals surface area contributed by atoms with Gasteiger partial charge in [-0.25, -0.2) is 0 Å². The topological polar surface area (TPSA) is 29.3 Å². The van der Waals surface area contributed by atoms with E-state index in [1.54, 1.807) is 0 Å². The van der Waals surface area contributed by atoms with Gasteiger partial charge in [-0.2, -0.15) is 0 Å². The molecule has 1 aromatic carbocycles. The molecule has 2 N–H and O–H groups in total. The lowest BCUT2D eigenvalue weighted by atomic mass is 9.85. The molecule has 19 heavy (non-hydrogen) atoms. The average Bonchev–Trinajstić information content (AvgIpc) is 2.26. The van der Waals surface area contributed by atoms with Crippen LogP contribution in [0.1, 0.15) is 50.4 Å². The molecule has 2 unspecified atom stereocenters. The smallest absolute Gasteiger partial charge is 0.0470 e. The van der Waals surface area contributed by atoms with Crippen LogP contribution in [-0.4, -0.2) is 24.5 Å². The summed E-state index contributed by atoms with van der Waals surface area (Å²) in [5.41, 5.74) is 10.2. The zero-order valence-corrected chi connectivity index (χ0v) is 13.6. The fraction of sp³-hybridized carbons (Fsp3) is 0.647. The molecule has 0 heterocycles. The molecule has 0 aliphatic rings. The molecule has 0 radical (unpaired) electrons. The van der Waals surface area contributed by atoms with Crippen LogP contribution in [-0.2, 0) is 0 Å². The summed E-state index contributed by atoms with van der Waals surface area (Å²) < 4.78 is 0. The van der Waals surface area contributed by atoms with E-state index in [4.69, 9.17) is 5.73 Å². The zero-order valence-electron chi connectivity index (χ0n) is 13.6. The first-order chi connectivity index (χ1) is 8.66. The van der Waals surface area contributed by atoms with Crippen LogP contribution < -0.4 is 5.73 Å². The van der Waals surface area contributed by atoms with Crippen LogP contribution in [0.2, 0.25) is 0 Å². The van der Waals surface area contributed by atoms with Crippen molar-refractivity contribution in [1.29, 1.82) is 0 Å². The highest BCUT2D eigenvalue weighted by Crippen LogP contribution is 2.30. The van der Waals surface area contributed by atoms with Gasteiger partial charge in [0, 0.05) is 18.6 Å². The summed E-state index contributed by atoms with van der Waals surface area (Å²) in [6, 6.07) is 7.49. The van der Waals surface area contributed by atoms with E-state index in [9.17, 15) is 0 Å². The van der Waals surface area contributed by atoms with Gasteiger partial charge in [0.05, 0.1) is 0 Å². The number of aryl methyl sites for hydroxylation is 2. The lowest BCUT2D eigenvalue weighted by Gasteiger charge is -2.40. The maximum absolute atomic E-state index is 6.05. The zero-order chi connectivity index (χ0) is 14.8. The fourth-order valence-corrected chi connectivity index (χ4v) is 2.62. The predicted octanol–water partition coefficient (Wildman–Crippen LogP) is 3.67. The molecule has 2 atom stereocenters. The second kappa shape index (κ2) is 6.06. The van der Waals surface area contributed by atoms with Crippen LogP contribution in [0.5, 0.6) is 0 Å². The highest BCUT2D eigenvalue weighted by molar-refractivity contribution is 5.31. The number of nitrogens with zero attached hydrogens (tertiary/aromatic N) is 1. The van der Waals surface area contributed by atoms with Crippen LogP contribution in [0, 0.1) is 19.3 Å². The SMILES string of the molecule is Cc1cc(C)cc(C(CN)N(C)C(C)C(C)(C)C)c1. The van der Waals surface area contributed by atoms with E-state index in [-0.39, 0.29) is 11.5 Å². The van der Waals surface area contributed by atoms with Gasteiger partial charge < -0.3 is 5.73 Å². The summed E-state index contributed by atoms with van der Waals surface area (Å²) in [7, 11) is 2.19. The lowest BCUT2D eigenvalue weighted by molar-refractivity contribution is 0.100. The van der Waals surface area contributed by atoms with Crippen LogP contribution >= 0.6 is 0 Å². The van der Waals surface area contributed by atoms with Crippen molar-refractivity contribution < 1.29 is 0 Å². The van der Waals surface area contributed by atoms with Gasteiger partial charge in [0.1, 0.15) is 0 Å². The summed E-state index contributed by atoms with van der Waals surface area (Å²) in [4.78, 5) is 2.41. The van der Waals surface area contributed by atoms with Crippen LogP contribution in [0.3, 0.4) is 0 Å². The van der Waals surface area contributed by atoms with Crippen molar-refractivity contribution in [2.45, 2.75) is 53.6 Å². The largest absolute Gasteiger partial charge is 0.329 e. The van der Waals surface area contributed by atoms with Crippen molar-refractivity contribution in [1.82, 2.24) is 4.90 Å². The van der Waals surface area contributed by atoms with Gasteiger partial charge in [-0.05, 0) is 38.8 Å². The Labute approximate surface area is 119 Å². The molecular weight excluding hydrogens is 232 g/mol. The van der Waals surface area contributed by atoms with Crippen LogP contribution in [0.4, 0.5) is 0 Å². The Morgan fingerprint density at radius 2 is 1.58 bits per heavy atom. The first-order valence-electron chi connectivity index (χ1n) is 7.17. The minimum Gasteiger partial charge on any atom is -0.329 e. The highest BCUT2D eigenvalue weighted by Gasteiger charge is 2.28. The maximum atomic E-state index is 6.05. The maximum Gasteiger partial charge on any atom is 0.0470 e. The molecule has 2 nitrogen and oxygen atoms in total. The van der Waals surface area contributed by atoms with E-state index < -0.39 is 0 Å². The minimum absolute atomic E-state index is 0.251. The molecule has 108 valence electrons. The van der Waals surface area contributed by atoms with Crippen LogP contribution in [0.15, 0.2) is 18.2 Å². The highest BCUT2D eigenvalue weighted by atomic mass is 15.2. The molecule has 0 aliphatic heterocycles. The van der Waals surface area contributed by atoms with Gasteiger partial charge in [-0.15, -0.1) is 0 Å². The van der Waals surface area contributed by atoms with Crippen molar-refractivity contribution in [2.24, 2.45) is 11.1 Å². The standard InChI is InChI=1S/C17H30N2/c1-12-8-13(2)10-15(9-12)16(11-18)19(7)14(3)17(4,5)6/h8-10,14,16H,11,18H2,1-7H3. The van der Waals surface area contributed by atoms with Gasteiger partial charge >= 0.3 is 0 Å². The molecule has 1 aromatic rings. The molecule has 0 fully saturated rings. The summed E-state index contributed by atoms with van der Waals surface area (Å²) >= 11 is 0. The van der Waals surface area contributed by atoms with Crippen molar-refractivity contribution >= 4 is 0 Å². The number of likely N-dealkylation sites (N-methyl/N-ethyl adjacent to an activating group) is 1. The average molecular weight is 262 g/mol. The van der Waals surface area contributed by atoms with Crippen LogP contribution in [0.25, 0.3) is 0 Å². The van der Waals surface area contributed by atoms with Crippen molar-refractivity contribution in [2.75, 3.05) is 13.6 Å². The van der Waals surface area contributed by atoms with E-state index in [2.05, 4.69) is 71.7 Å². The number of hydrogen-bond donors (Lipinski definition) is 1. The molecule has 0 saturated carbocycles. The Kier molecular flexibility index (Phi) is 5.17. The van der Waals surface area contributed by atoms with Gasteiger partial charge in [-0.3, -0.25) is 4.90 Å². The molecule has 0 aromatic heterocycles. The van der Waals surface area contributed by atoms with Gasteiger partial charge in [-0.1, -0.05) is 50.1 Å². The van der Waals surface area contributed by atoms with Gasteiger partial charge in [0.25, 0.3) is 0 Å². The first-order valence-corrected chi connectivity index (χ1v) is 7.17. The number of hydrogen-bond acceptors (Lipinski definition) is 2. The van der Waals surface area contributed by atoms with E-state index in [1.165, 1.54) is 16.7 Å². The second-order valence-electron chi connectivity index (χ2n) is 6.88. The molecule has 0 spiro atoms. The normalized spacial score (nSPS) is 15.6. The second-order valence-corrected chi connectivity index (χ2v) is 6.88. The fourth-order valence-electron chi connectivity index (χ4n) is 2.62. The number of benzene rings is 1. The summed E-state index contributed by atoms with van der Waals surface area (Å²) in [5, 5.41) is 0. The monoisotopic (exact) mass is 262 g/mol. The van der Waals surface area contributed by atoms with Gasteiger partial charge in [0.15, 0.2) is 0 Å². The molecule has 2 heteroatoms. The molecular formula is C17H30N2. The van der Waals surface area contributed by atoms with E-state index in [0.717, 1.165) is 0 Å². The van der Waals surface area contributed by atoms with Gasteiger partial charge in [0.2, 0.25) is 0 Å². The van der Waals surface area contributed by atoms with Crippen molar-refractivity contribution in [3.8, 4) is 0 Å². The molecule has 1 rings (SSSR count). The quantitative estimate of drug-likeness (QED) is 0.897. The van der Waals surface area contributed by atoms with E-state index in [1.807, 2.05) is 0 Å². The molecule has 0 saturated heterocycles. The summed E-state index contributed by atoms with van der Waals surface area (Å²) in [6.45, 7) is 14.1. The Hall–Kier alpha value is -0.860. The Balaban J connectivity index is 3.06. The molecule has 0 bridgehead atoms. The first kappa shape index (κ1) is 16.2. The molecule has 0 aliphatic carbocycles. The molecule has 0 amide bonds. The Bertz CT molecular complexity index is 398. The Morgan fingerprint density at radius 3 is 1.95 bits per heavy atom. The summed E-state index contributed by atoms with van der Waals surface area (Å²) in [5.74, 6) is 0. The number of rotatable bonds is 4. The number of nitrogens with two attached hydrogens (primary N) is 1. The van der Waals surface area contributed by atoms with Crippen molar-refractivity contribution in [3.63, 3.8) is 0 Å². The predicted molar refractivity (Wildman–Crippen MR) is 84.4 cm³/mol. The lowest BCUT2D eigenvalue weighted by Crippen LogP contribution is -2.43. The Morgan fingerprint density at radius 1 is 1.11 bits per heavy atom. The minimum atomic E-state index is 0.251. The van der Waals surface area contributed by atoms with E-state index in [0.29, 0.717) is 12.6 Å². The van der Waals surface area contributed by atoms with E-state index >= 15 is 0 Å². The third-order valence-electron chi connectivity index (χ3n) is 4.21. The van der Waals surface area contributed by atoms with Crippen molar-refractivity contribution in [3.05, 3.63) is 34.9 Å². The third-order valence-corrected chi connectivity index (χ3v) is 4.21. The summed E-state index contributed by atoms with van der Waals surface area (Å²) in [6.07, 6.45) is 0.